The van der Waals surface area contributed by atoms with Crippen LogP contribution in [-0.2, 0) is 4.74 Å². The highest BCUT2D eigenvalue weighted by atomic mass is 19.3. The topological polar surface area (TPSA) is 21.3 Å². The SMILES string of the molecule is C#CC1NC2CC(OC(F)F)C1C2. The van der Waals surface area contributed by atoms with E-state index in [1.807, 2.05) is 0 Å². The summed E-state index contributed by atoms with van der Waals surface area (Å²) >= 11 is 0. The Morgan fingerprint density at radius 1 is 1.46 bits per heavy atom. The maximum Gasteiger partial charge on any atom is 0.345 e. The van der Waals surface area contributed by atoms with Crippen LogP contribution in [0.5, 0.6) is 0 Å². The first kappa shape index (κ1) is 8.92. The largest absolute Gasteiger partial charge is 0.345 e. The molecule has 2 rings (SSSR count). The van der Waals surface area contributed by atoms with Crippen molar-refractivity contribution in [2.24, 2.45) is 5.92 Å². The first-order valence-electron chi connectivity index (χ1n) is 4.36. The zero-order valence-electron chi connectivity index (χ0n) is 7.04. The molecule has 4 heteroatoms. The van der Waals surface area contributed by atoms with E-state index in [-0.39, 0.29) is 24.1 Å². The van der Waals surface area contributed by atoms with Crippen molar-refractivity contribution >= 4 is 0 Å². The molecular formula is C9H11F2NO. The molecular weight excluding hydrogens is 176 g/mol. The van der Waals surface area contributed by atoms with Gasteiger partial charge in [0.25, 0.3) is 0 Å². The minimum atomic E-state index is -2.68. The maximum absolute atomic E-state index is 11.9. The van der Waals surface area contributed by atoms with Crippen LogP contribution in [0.3, 0.4) is 0 Å². The van der Waals surface area contributed by atoms with Crippen LogP contribution in [0.2, 0.25) is 0 Å². The van der Waals surface area contributed by atoms with Gasteiger partial charge in [0.05, 0.1) is 12.1 Å². The third kappa shape index (κ3) is 1.54. The van der Waals surface area contributed by atoms with E-state index in [0.29, 0.717) is 6.42 Å². The molecule has 1 aliphatic heterocycles. The first-order chi connectivity index (χ1) is 6.20. The average Bonchev–Trinajstić information content (AvgIpc) is 2.60. The van der Waals surface area contributed by atoms with Gasteiger partial charge in [0.15, 0.2) is 0 Å². The second-order valence-electron chi connectivity index (χ2n) is 3.58. The number of alkyl halides is 2. The van der Waals surface area contributed by atoms with Crippen LogP contribution in [0, 0.1) is 18.3 Å². The van der Waals surface area contributed by atoms with Crippen LogP contribution in [-0.4, -0.2) is 24.8 Å². The van der Waals surface area contributed by atoms with E-state index in [9.17, 15) is 8.78 Å². The molecule has 1 aliphatic carbocycles. The Labute approximate surface area is 75.6 Å². The highest BCUT2D eigenvalue weighted by Gasteiger charge is 2.46. The molecule has 0 aromatic carbocycles. The van der Waals surface area contributed by atoms with E-state index in [0.717, 1.165) is 6.42 Å². The van der Waals surface area contributed by atoms with Gasteiger partial charge >= 0.3 is 6.61 Å². The Kier molecular flexibility index (Phi) is 2.22. The second-order valence-corrected chi connectivity index (χ2v) is 3.58. The van der Waals surface area contributed by atoms with Crippen molar-refractivity contribution < 1.29 is 13.5 Å². The van der Waals surface area contributed by atoms with Gasteiger partial charge in [0.2, 0.25) is 0 Å². The number of terminal acetylenes is 1. The van der Waals surface area contributed by atoms with Gasteiger partial charge in [-0.05, 0) is 12.8 Å². The van der Waals surface area contributed by atoms with Gasteiger partial charge in [0, 0.05) is 12.0 Å². The molecule has 0 spiro atoms. The molecule has 0 amide bonds. The van der Waals surface area contributed by atoms with Gasteiger partial charge in [-0.2, -0.15) is 8.78 Å². The van der Waals surface area contributed by atoms with E-state index in [1.165, 1.54) is 0 Å². The number of ether oxygens (including phenoxy) is 1. The molecule has 2 nitrogen and oxygen atoms in total. The highest BCUT2D eigenvalue weighted by Crippen LogP contribution is 2.37. The normalized spacial score (nSPS) is 42.6. The minimum absolute atomic E-state index is 0.0731. The quantitative estimate of drug-likeness (QED) is 0.650. The fourth-order valence-electron chi connectivity index (χ4n) is 2.36. The van der Waals surface area contributed by atoms with Crippen LogP contribution >= 0.6 is 0 Å². The van der Waals surface area contributed by atoms with E-state index in [4.69, 9.17) is 6.42 Å². The molecule has 1 saturated carbocycles. The molecule has 2 bridgehead atoms. The van der Waals surface area contributed by atoms with E-state index in [2.05, 4.69) is 16.0 Å². The molecule has 2 aliphatic rings. The molecule has 4 unspecified atom stereocenters. The van der Waals surface area contributed by atoms with E-state index >= 15 is 0 Å². The van der Waals surface area contributed by atoms with Gasteiger partial charge in [-0.15, -0.1) is 6.42 Å². The van der Waals surface area contributed by atoms with Crippen molar-refractivity contribution in [1.29, 1.82) is 0 Å². The smallest absolute Gasteiger partial charge is 0.319 e. The third-order valence-corrected chi connectivity index (χ3v) is 2.85. The van der Waals surface area contributed by atoms with E-state index < -0.39 is 6.61 Å². The Bertz CT molecular complexity index is 238. The minimum Gasteiger partial charge on any atom is -0.319 e. The molecule has 0 aromatic heterocycles. The number of hydrogen-bond donors (Lipinski definition) is 1. The fourth-order valence-corrected chi connectivity index (χ4v) is 2.36. The lowest BCUT2D eigenvalue weighted by Crippen LogP contribution is -2.42. The van der Waals surface area contributed by atoms with Crippen LogP contribution in [0.15, 0.2) is 0 Å². The summed E-state index contributed by atoms with van der Waals surface area (Å²) in [5, 5.41) is 3.18. The van der Waals surface area contributed by atoms with Crippen LogP contribution in [0.1, 0.15) is 12.8 Å². The number of halogens is 2. The summed E-state index contributed by atoms with van der Waals surface area (Å²) < 4.78 is 28.4. The molecule has 72 valence electrons. The number of nitrogens with one attached hydrogen (secondary N) is 1. The lowest BCUT2D eigenvalue weighted by atomic mass is 9.98. The van der Waals surface area contributed by atoms with Gasteiger partial charge in [-0.3, -0.25) is 0 Å². The standard InChI is InChI=1S/C9H11F2NO/c1-2-7-6-3-5(12-7)4-8(6)13-9(10)11/h1,5-9,12H,3-4H2. The van der Waals surface area contributed by atoms with Crippen LogP contribution in [0.25, 0.3) is 0 Å². The number of rotatable bonds is 2. The lowest BCUT2D eigenvalue weighted by molar-refractivity contribution is -0.174. The average molecular weight is 187 g/mol. The summed E-state index contributed by atoms with van der Waals surface area (Å²) in [4.78, 5) is 0. The third-order valence-electron chi connectivity index (χ3n) is 2.85. The second kappa shape index (κ2) is 3.24. The van der Waals surface area contributed by atoms with Gasteiger partial charge < -0.3 is 10.1 Å². The molecule has 0 radical (unpaired) electrons. The maximum atomic E-state index is 11.9. The Balaban J connectivity index is 1.98. The highest BCUT2D eigenvalue weighted by molar-refractivity contribution is 5.14. The van der Waals surface area contributed by atoms with Crippen molar-refractivity contribution in [1.82, 2.24) is 5.32 Å². The zero-order chi connectivity index (χ0) is 9.42. The number of hydrogen-bond acceptors (Lipinski definition) is 2. The van der Waals surface area contributed by atoms with Crippen molar-refractivity contribution in [3.8, 4) is 12.3 Å². The molecule has 1 saturated heterocycles. The summed E-state index contributed by atoms with van der Waals surface area (Å²) in [6.45, 7) is -2.68. The number of fused-ring (bicyclic) bond motifs is 2. The Hall–Kier alpha value is -0.660. The Morgan fingerprint density at radius 2 is 2.23 bits per heavy atom. The van der Waals surface area contributed by atoms with Crippen molar-refractivity contribution in [2.45, 2.75) is 37.6 Å². The molecule has 0 aromatic rings. The van der Waals surface area contributed by atoms with E-state index in [1.54, 1.807) is 0 Å². The first-order valence-corrected chi connectivity index (χ1v) is 4.36. The predicted octanol–water partition coefficient (Wildman–Crippen LogP) is 0.978. The summed E-state index contributed by atoms with van der Waals surface area (Å²) in [5.41, 5.74) is 0. The summed E-state index contributed by atoms with van der Waals surface area (Å²) in [6.07, 6.45) is 6.43. The Morgan fingerprint density at radius 3 is 2.77 bits per heavy atom. The lowest BCUT2D eigenvalue weighted by Gasteiger charge is -2.26. The summed E-state index contributed by atoms with van der Waals surface area (Å²) in [6, 6.07) is 0.192. The van der Waals surface area contributed by atoms with Gasteiger partial charge in [-0.25, -0.2) is 0 Å². The molecule has 13 heavy (non-hydrogen) atoms. The zero-order valence-corrected chi connectivity index (χ0v) is 7.04. The van der Waals surface area contributed by atoms with Gasteiger partial charge in [0.1, 0.15) is 0 Å². The van der Waals surface area contributed by atoms with Gasteiger partial charge in [-0.1, -0.05) is 5.92 Å². The van der Waals surface area contributed by atoms with Crippen molar-refractivity contribution in [2.75, 3.05) is 0 Å². The molecule has 1 heterocycles. The van der Waals surface area contributed by atoms with Crippen molar-refractivity contribution in [3.05, 3.63) is 0 Å². The van der Waals surface area contributed by atoms with Crippen LogP contribution < -0.4 is 5.32 Å². The number of piperidine rings is 1. The summed E-state index contributed by atoms with van der Waals surface area (Å²) in [7, 11) is 0. The molecule has 4 atom stereocenters. The summed E-state index contributed by atoms with van der Waals surface area (Å²) in [5.74, 6) is 2.64. The molecule has 2 fully saturated rings. The van der Waals surface area contributed by atoms with Crippen molar-refractivity contribution in [3.63, 3.8) is 0 Å². The molecule has 1 N–H and O–H groups in total. The van der Waals surface area contributed by atoms with Crippen LogP contribution in [0.4, 0.5) is 8.78 Å². The fraction of sp³-hybridized carbons (Fsp3) is 0.778. The predicted molar refractivity (Wildman–Crippen MR) is 43.1 cm³/mol. The monoisotopic (exact) mass is 187 g/mol.